The van der Waals surface area contributed by atoms with Gasteiger partial charge in [0.1, 0.15) is 23.1 Å². The summed E-state index contributed by atoms with van der Waals surface area (Å²) in [6.45, 7) is 4.48. The van der Waals surface area contributed by atoms with Gasteiger partial charge < -0.3 is 14.3 Å². The van der Waals surface area contributed by atoms with Crippen LogP contribution < -0.4 is 0 Å². The molecule has 0 aliphatic heterocycles. The first-order valence-corrected chi connectivity index (χ1v) is 6.39. The normalized spacial score (nSPS) is 12.6. The molecule has 1 unspecified atom stereocenters. The Morgan fingerprint density at radius 3 is 3.06 bits per heavy atom. The molecule has 0 aromatic carbocycles. The Morgan fingerprint density at radius 2 is 2.44 bits per heavy atom. The van der Waals surface area contributed by atoms with E-state index in [9.17, 15) is 4.79 Å². The monoisotopic (exact) mass is 267 g/mol. The SMILES string of the molecule is CCOC(C)c1nc(-c2cc(C(=O)O)co2)cs1. The lowest BCUT2D eigenvalue weighted by molar-refractivity contribution is 0.0696. The highest BCUT2D eigenvalue weighted by Crippen LogP contribution is 2.28. The molecule has 0 spiro atoms. The Bertz CT molecular complexity index is 546. The average molecular weight is 267 g/mol. The molecule has 0 bridgehead atoms. The molecule has 0 fully saturated rings. The zero-order chi connectivity index (χ0) is 13.1. The van der Waals surface area contributed by atoms with Crippen molar-refractivity contribution in [3.63, 3.8) is 0 Å². The van der Waals surface area contributed by atoms with Crippen LogP contribution in [0.1, 0.15) is 35.3 Å². The molecule has 1 atom stereocenters. The first kappa shape index (κ1) is 12.8. The zero-order valence-electron chi connectivity index (χ0n) is 10.0. The third-order valence-corrected chi connectivity index (χ3v) is 3.39. The second-order valence-electron chi connectivity index (χ2n) is 3.67. The molecule has 0 amide bonds. The lowest BCUT2D eigenvalue weighted by atomic mass is 10.3. The van der Waals surface area contributed by atoms with E-state index in [-0.39, 0.29) is 11.7 Å². The first-order chi connectivity index (χ1) is 8.61. The number of hydrogen-bond acceptors (Lipinski definition) is 5. The summed E-state index contributed by atoms with van der Waals surface area (Å²) in [5, 5.41) is 11.5. The molecular formula is C12H13NO4S. The van der Waals surface area contributed by atoms with Gasteiger partial charge in [-0.2, -0.15) is 0 Å². The Hall–Kier alpha value is -1.66. The van der Waals surface area contributed by atoms with E-state index in [2.05, 4.69) is 4.98 Å². The van der Waals surface area contributed by atoms with Crippen LogP contribution in [0, 0.1) is 0 Å². The van der Waals surface area contributed by atoms with E-state index >= 15 is 0 Å². The quantitative estimate of drug-likeness (QED) is 0.900. The largest absolute Gasteiger partial charge is 0.478 e. The van der Waals surface area contributed by atoms with Crippen molar-refractivity contribution in [3.05, 3.63) is 28.3 Å². The van der Waals surface area contributed by atoms with Gasteiger partial charge in [0.25, 0.3) is 0 Å². The Balaban J connectivity index is 2.20. The topological polar surface area (TPSA) is 72.6 Å². The minimum absolute atomic E-state index is 0.0670. The van der Waals surface area contributed by atoms with E-state index in [0.717, 1.165) is 5.01 Å². The minimum atomic E-state index is -1.01. The number of hydrogen-bond donors (Lipinski definition) is 1. The van der Waals surface area contributed by atoms with Gasteiger partial charge in [-0.15, -0.1) is 11.3 Å². The minimum Gasteiger partial charge on any atom is -0.478 e. The Labute approximate surface area is 108 Å². The third-order valence-electron chi connectivity index (χ3n) is 2.39. The van der Waals surface area contributed by atoms with E-state index < -0.39 is 5.97 Å². The van der Waals surface area contributed by atoms with Crippen molar-refractivity contribution in [3.8, 4) is 11.5 Å². The highest BCUT2D eigenvalue weighted by molar-refractivity contribution is 7.10. The van der Waals surface area contributed by atoms with Gasteiger partial charge in [-0.3, -0.25) is 0 Å². The summed E-state index contributed by atoms with van der Waals surface area (Å²) in [5.74, 6) is -0.554. The fourth-order valence-corrected chi connectivity index (χ4v) is 2.30. The number of aromatic carboxylic acids is 1. The molecule has 6 heteroatoms. The van der Waals surface area contributed by atoms with Crippen molar-refractivity contribution in [1.29, 1.82) is 0 Å². The molecule has 1 N–H and O–H groups in total. The van der Waals surface area contributed by atoms with E-state index in [1.807, 2.05) is 19.2 Å². The van der Waals surface area contributed by atoms with Crippen LogP contribution in [0.2, 0.25) is 0 Å². The molecular weight excluding hydrogens is 254 g/mol. The van der Waals surface area contributed by atoms with Gasteiger partial charge >= 0.3 is 5.97 Å². The van der Waals surface area contributed by atoms with Crippen LogP contribution >= 0.6 is 11.3 Å². The summed E-state index contributed by atoms with van der Waals surface area (Å²) in [6, 6.07) is 1.46. The molecule has 2 aromatic rings. The molecule has 0 radical (unpaired) electrons. The highest BCUT2D eigenvalue weighted by atomic mass is 32.1. The van der Waals surface area contributed by atoms with Crippen LogP contribution in [0.4, 0.5) is 0 Å². The van der Waals surface area contributed by atoms with Crippen molar-refractivity contribution in [2.75, 3.05) is 6.61 Å². The summed E-state index contributed by atoms with van der Waals surface area (Å²) >= 11 is 1.47. The van der Waals surface area contributed by atoms with Gasteiger partial charge in [-0.05, 0) is 13.8 Å². The predicted octanol–water partition coefficient (Wildman–Crippen LogP) is 3.20. The van der Waals surface area contributed by atoms with Crippen LogP contribution in [0.25, 0.3) is 11.5 Å². The molecule has 18 heavy (non-hydrogen) atoms. The number of thiazole rings is 1. The maximum atomic E-state index is 10.7. The van der Waals surface area contributed by atoms with E-state index in [1.165, 1.54) is 23.7 Å². The maximum absolute atomic E-state index is 10.7. The lowest BCUT2D eigenvalue weighted by Gasteiger charge is -2.06. The molecule has 0 aliphatic rings. The molecule has 96 valence electrons. The van der Waals surface area contributed by atoms with Gasteiger partial charge in [-0.25, -0.2) is 9.78 Å². The van der Waals surface area contributed by atoms with E-state index in [0.29, 0.717) is 18.1 Å². The summed E-state index contributed by atoms with van der Waals surface area (Å²) in [4.78, 5) is 15.1. The van der Waals surface area contributed by atoms with Gasteiger partial charge in [0, 0.05) is 18.1 Å². The van der Waals surface area contributed by atoms with Crippen molar-refractivity contribution < 1.29 is 19.1 Å². The number of furan rings is 1. The van der Waals surface area contributed by atoms with Crippen LogP contribution in [-0.2, 0) is 4.74 Å². The number of aromatic nitrogens is 1. The molecule has 5 nitrogen and oxygen atoms in total. The second kappa shape index (κ2) is 5.32. The van der Waals surface area contributed by atoms with E-state index in [4.69, 9.17) is 14.3 Å². The summed E-state index contributed by atoms with van der Waals surface area (Å²) in [6.07, 6.45) is 1.14. The van der Waals surface area contributed by atoms with Gasteiger partial charge in [0.05, 0.1) is 5.56 Å². The fourth-order valence-electron chi connectivity index (χ4n) is 1.49. The predicted molar refractivity (Wildman–Crippen MR) is 66.8 cm³/mol. The zero-order valence-corrected chi connectivity index (χ0v) is 10.9. The maximum Gasteiger partial charge on any atom is 0.338 e. The van der Waals surface area contributed by atoms with Gasteiger partial charge in [-0.1, -0.05) is 0 Å². The number of nitrogens with zero attached hydrogens (tertiary/aromatic N) is 1. The smallest absolute Gasteiger partial charge is 0.338 e. The van der Waals surface area contributed by atoms with Crippen molar-refractivity contribution in [2.45, 2.75) is 20.0 Å². The van der Waals surface area contributed by atoms with Crippen LogP contribution in [-0.4, -0.2) is 22.7 Å². The van der Waals surface area contributed by atoms with Crippen LogP contribution in [0.15, 0.2) is 22.1 Å². The highest BCUT2D eigenvalue weighted by Gasteiger charge is 2.15. The van der Waals surface area contributed by atoms with Crippen LogP contribution in [0.5, 0.6) is 0 Å². The van der Waals surface area contributed by atoms with Crippen molar-refractivity contribution in [1.82, 2.24) is 4.98 Å². The van der Waals surface area contributed by atoms with Crippen molar-refractivity contribution >= 4 is 17.3 Å². The third kappa shape index (κ3) is 2.60. The number of carbonyl (C=O) groups is 1. The van der Waals surface area contributed by atoms with Gasteiger partial charge in [0.15, 0.2) is 5.76 Å². The molecule has 0 aliphatic carbocycles. The van der Waals surface area contributed by atoms with Crippen molar-refractivity contribution in [2.24, 2.45) is 0 Å². The standard InChI is InChI=1S/C12H13NO4S/c1-3-16-7(2)11-13-9(6-18-11)10-4-8(5-17-10)12(14)15/h4-7H,3H2,1-2H3,(H,14,15). The number of rotatable bonds is 5. The van der Waals surface area contributed by atoms with Gasteiger partial charge in [0.2, 0.25) is 0 Å². The Kier molecular flexibility index (Phi) is 3.78. The number of ether oxygens (including phenoxy) is 1. The first-order valence-electron chi connectivity index (χ1n) is 5.51. The second-order valence-corrected chi connectivity index (χ2v) is 4.56. The summed E-state index contributed by atoms with van der Waals surface area (Å²) in [7, 11) is 0. The summed E-state index contributed by atoms with van der Waals surface area (Å²) < 4.78 is 10.6. The summed E-state index contributed by atoms with van der Waals surface area (Å²) in [5.41, 5.74) is 0.756. The molecule has 2 heterocycles. The molecule has 0 saturated carbocycles. The molecule has 2 aromatic heterocycles. The number of carboxylic acid groups (broad SMARTS) is 1. The molecule has 0 saturated heterocycles. The average Bonchev–Trinajstić information content (AvgIpc) is 2.98. The van der Waals surface area contributed by atoms with Crippen LogP contribution in [0.3, 0.4) is 0 Å². The number of carboxylic acids is 1. The molecule has 2 rings (SSSR count). The fraction of sp³-hybridized carbons (Fsp3) is 0.333. The van der Waals surface area contributed by atoms with E-state index in [1.54, 1.807) is 0 Å². The lowest BCUT2D eigenvalue weighted by Crippen LogP contribution is -1.98. The Morgan fingerprint density at radius 1 is 1.67 bits per heavy atom.